The third-order valence-electron chi connectivity index (χ3n) is 7.60. The van der Waals surface area contributed by atoms with Crippen molar-refractivity contribution in [2.24, 2.45) is 5.41 Å². The zero-order chi connectivity index (χ0) is 28.2. The minimum atomic E-state index is -4.12. The van der Waals surface area contributed by atoms with Crippen LogP contribution >= 0.6 is 0 Å². The van der Waals surface area contributed by atoms with Crippen molar-refractivity contribution in [1.29, 1.82) is 0 Å². The van der Waals surface area contributed by atoms with E-state index >= 15 is 0 Å². The molecule has 206 valence electrons. The molecule has 3 atom stereocenters. The van der Waals surface area contributed by atoms with Crippen LogP contribution in [0.1, 0.15) is 38.7 Å². The lowest BCUT2D eigenvalue weighted by Crippen LogP contribution is -2.51. The average Bonchev–Trinajstić information content (AvgIpc) is 3.33. The third-order valence-corrected chi connectivity index (χ3v) is 9.04. The molecule has 0 spiro atoms. The van der Waals surface area contributed by atoms with E-state index in [0.29, 0.717) is 25.8 Å². The van der Waals surface area contributed by atoms with E-state index in [-0.39, 0.29) is 16.8 Å². The van der Waals surface area contributed by atoms with Gasteiger partial charge < -0.3 is 14.7 Å². The van der Waals surface area contributed by atoms with Crippen LogP contribution in [0.2, 0.25) is 0 Å². The monoisotopic (exact) mass is 550 g/mol. The average molecular weight is 551 g/mol. The van der Waals surface area contributed by atoms with Gasteiger partial charge in [0.25, 0.3) is 0 Å². The Hall–Kier alpha value is -3.69. The van der Waals surface area contributed by atoms with Crippen molar-refractivity contribution in [3.63, 3.8) is 0 Å². The Bertz CT molecular complexity index is 1410. The summed E-state index contributed by atoms with van der Waals surface area (Å²) in [5, 5.41) is 10.1. The molecule has 0 bridgehead atoms. The number of carboxylic acid groups (broad SMARTS) is 1. The Morgan fingerprint density at radius 3 is 2.15 bits per heavy atom. The number of hydrogen-bond donors (Lipinski definition) is 2. The van der Waals surface area contributed by atoms with Gasteiger partial charge in [0.2, 0.25) is 15.9 Å². The molecular weight excluding hydrogens is 516 g/mol. The van der Waals surface area contributed by atoms with Gasteiger partial charge in [-0.3, -0.25) is 9.59 Å². The fraction of sp³-hybridized carbons (Fsp3) is 0.333. The summed E-state index contributed by atoms with van der Waals surface area (Å²) >= 11 is 0. The molecule has 2 N–H and O–H groups in total. The lowest BCUT2D eigenvalue weighted by Gasteiger charge is -2.34. The highest BCUT2D eigenvalue weighted by atomic mass is 32.2. The molecule has 39 heavy (non-hydrogen) atoms. The number of carboxylic acids is 1. The van der Waals surface area contributed by atoms with Crippen LogP contribution in [-0.2, 0) is 26.2 Å². The molecule has 0 aliphatic heterocycles. The van der Waals surface area contributed by atoms with E-state index in [2.05, 4.69) is 4.72 Å². The molecule has 3 unspecified atom stereocenters. The smallest absolute Gasteiger partial charge is 0.322 e. The Labute approximate surface area is 229 Å². The number of carbonyl (C=O) groups is 2. The number of amides is 1. The molecule has 8 nitrogen and oxygen atoms in total. The van der Waals surface area contributed by atoms with Crippen molar-refractivity contribution in [2.45, 2.75) is 56.6 Å². The number of rotatable bonds is 10. The molecule has 3 aromatic carbocycles. The first-order chi connectivity index (χ1) is 18.5. The molecule has 4 rings (SSSR count). The highest BCUT2D eigenvalue weighted by molar-refractivity contribution is 7.89. The van der Waals surface area contributed by atoms with E-state index in [1.165, 1.54) is 19.1 Å². The van der Waals surface area contributed by atoms with Crippen LogP contribution in [0.5, 0.6) is 5.75 Å². The van der Waals surface area contributed by atoms with Gasteiger partial charge in [0, 0.05) is 19.5 Å². The van der Waals surface area contributed by atoms with Gasteiger partial charge in [0.05, 0.1) is 12.0 Å². The van der Waals surface area contributed by atoms with Crippen LogP contribution in [0.3, 0.4) is 0 Å². The molecule has 1 saturated carbocycles. The quantitative estimate of drug-likeness (QED) is 0.378. The molecule has 1 aliphatic carbocycles. The number of hydrogen-bond acceptors (Lipinski definition) is 5. The second-order valence-corrected chi connectivity index (χ2v) is 12.0. The van der Waals surface area contributed by atoms with Crippen molar-refractivity contribution < 1.29 is 27.9 Å². The minimum Gasteiger partial charge on any atom is -0.497 e. The van der Waals surface area contributed by atoms with Crippen LogP contribution in [0, 0.1) is 5.41 Å². The number of carbonyl (C=O) groups excluding carboxylic acids is 1. The maximum absolute atomic E-state index is 13.3. The number of aliphatic carboxylic acids is 1. The maximum atomic E-state index is 13.3. The molecule has 1 fully saturated rings. The lowest BCUT2D eigenvalue weighted by atomic mass is 9.81. The van der Waals surface area contributed by atoms with Gasteiger partial charge in [-0.05, 0) is 65.6 Å². The molecule has 9 heteroatoms. The second-order valence-electron chi connectivity index (χ2n) is 10.3. The standard InChI is InChI=1S/C30H34N2O6S/c1-21(33)32(20-22-7-5-4-6-8-22)25-17-18-30(2,19-25)28(29(34)35)31-39(36,37)27-15-11-24(12-16-27)23-9-13-26(38-3)14-10-23/h4-16,25,28,31H,17-20H2,1-3H3,(H,34,35). The molecule has 0 radical (unpaired) electrons. The van der Waals surface area contributed by atoms with Crippen LogP contribution in [0.25, 0.3) is 11.1 Å². The molecule has 0 aromatic heterocycles. The Kier molecular flexibility index (Phi) is 8.42. The number of benzene rings is 3. The van der Waals surface area contributed by atoms with Crippen molar-refractivity contribution in [1.82, 2.24) is 9.62 Å². The van der Waals surface area contributed by atoms with E-state index in [1.54, 1.807) is 31.1 Å². The summed E-state index contributed by atoms with van der Waals surface area (Å²) in [6.07, 6.45) is 1.42. The zero-order valence-electron chi connectivity index (χ0n) is 22.3. The van der Waals surface area contributed by atoms with Crippen LogP contribution in [-0.4, -0.2) is 49.5 Å². The van der Waals surface area contributed by atoms with Crippen molar-refractivity contribution in [2.75, 3.05) is 7.11 Å². The van der Waals surface area contributed by atoms with Crippen LogP contribution in [0.4, 0.5) is 0 Å². The highest BCUT2D eigenvalue weighted by Gasteiger charge is 2.48. The van der Waals surface area contributed by atoms with Gasteiger partial charge in [-0.15, -0.1) is 0 Å². The van der Waals surface area contributed by atoms with Crippen LogP contribution < -0.4 is 9.46 Å². The predicted molar refractivity (Wildman–Crippen MR) is 149 cm³/mol. The topological polar surface area (TPSA) is 113 Å². The van der Waals surface area contributed by atoms with Gasteiger partial charge in [-0.1, -0.05) is 61.5 Å². The normalized spacial score (nSPS) is 19.8. The fourth-order valence-corrected chi connectivity index (χ4v) is 6.69. The van der Waals surface area contributed by atoms with Gasteiger partial charge >= 0.3 is 5.97 Å². The van der Waals surface area contributed by atoms with Crippen LogP contribution in [0.15, 0.2) is 83.8 Å². The molecule has 0 heterocycles. The molecule has 1 aliphatic rings. The molecular formula is C30H34N2O6S. The Morgan fingerprint density at radius 2 is 1.62 bits per heavy atom. The summed E-state index contributed by atoms with van der Waals surface area (Å²) in [4.78, 5) is 26.6. The van der Waals surface area contributed by atoms with Gasteiger partial charge in [0.1, 0.15) is 11.8 Å². The first-order valence-corrected chi connectivity index (χ1v) is 14.3. The number of nitrogens with one attached hydrogen (secondary N) is 1. The number of methoxy groups -OCH3 is 1. The van der Waals surface area contributed by atoms with E-state index in [4.69, 9.17) is 4.74 Å². The summed E-state index contributed by atoms with van der Waals surface area (Å²) in [5.74, 6) is -0.623. The molecule has 3 aromatic rings. The van der Waals surface area contributed by atoms with Crippen molar-refractivity contribution >= 4 is 21.9 Å². The minimum absolute atomic E-state index is 0.0152. The predicted octanol–water partition coefficient (Wildman–Crippen LogP) is 4.70. The Morgan fingerprint density at radius 1 is 1.03 bits per heavy atom. The van der Waals surface area contributed by atoms with E-state index < -0.39 is 27.4 Å². The van der Waals surface area contributed by atoms with Crippen molar-refractivity contribution in [3.05, 3.63) is 84.4 Å². The summed E-state index contributed by atoms with van der Waals surface area (Å²) in [6.45, 7) is 3.70. The fourth-order valence-electron chi connectivity index (χ4n) is 5.37. The summed E-state index contributed by atoms with van der Waals surface area (Å²) < 4.78 is 34.2. The summed E-state index contributed by atoms with van der Waals surface area (Å²) in [6, 6.07) is 21.8. The number of ether oxygens (including phenoxy) is 1. The first-order valence-electron chi connectivity index (χ1n) is 12.8. The zero-order valence-corrected chi connectivity index (χ0v) is 23.1. The highest BCUT2D eigenvalue weighted by Crippen LogP contribution is 2.44. The van der Waals surface area contributed by atoms with E-state index in [0.717, 1.165) is 22.4 Å². The SMILES string of the molecule is COc1ccc(-c2ccc(S(=O)(=O)NC(C(=O)O)C3(C)CCC(N(Cc4ccccc4)C(C)=O)C3)cc2)cc1. The molecule has 1 amide bonds. The van der Waals surface area contributed by atoms with Gasteiger partial charge in [-0.2, -0.15) is 4.72 Å². The first kappa shape index (κ1) is 28.3. The van der Waals surface area contributed by atoms with Gasteiger partial charge in [-0.25, -0.2) is 8.42 Å². The second kappa shape index (κ2) is 11.6. The summed E-state index contributed by atoms with van der Waals surface area (Å²) in [7, 11) is -2.54. The third kappa shape index (κ3) is 6.49. The van der Waals surface area contributed by atoms with E-state index in [1.807, 2.05) is 54.6 Å². The largest absolute Gasteiger partial charge is 0.497 e. The Balaban J connectivity index is 1.50. The van der Waals surface area contributed by atoms with E-state index in [9.17, 15) is 23.1 Å². The lowest BCUT2D eigenvalue weighted by molar-refractivity contribution is -0.142. The maximum Gasteiger partial charge on any atom is 0.322 e. The summed E-state index contributed by atoms with van der Waals surface area (Å²) in [5.41, 5.74) is 1.82. The number of sulfonamides is 1. The molecule has 0 saturated heterocycles. The van der Waals surface area contributed by atoms with Gasteiger partial charge in [0.15, 0.2) is 0 Å². The number of nitrogens with zero attached hydrogens (tertiary/aromatic N) is 1. The van der Waals surface area contributed by atoms with Crippen molar-refractivity contribution in [3.8, 4) is 16.9 Å².